The predicted octanol–water partition coefficient (Wildman–Crippen LogP) is 4.81. The second-order valence-electron chi connectivity index (χ2n) is 15.3. The van der Waals surface area contributed by atoms with Crippen LogP contribution in [0.15, 0.2) is 84.9 Å². The van der Waals surface area contributed by atoms with E-state index in [4.69, 9.17) is 18.9 Å². The summed E-state index contributed by atoms with van der Waals surface area (Å²) in [7, 11) is 15.0. The van der Waals surface area contributed by atoms with E-state index in [-0.39, 0.29) is 48.9 Å². The first-order valence-electron chi connectivity index (χ1n) is 19.8. The number of ketones is 1. The van der Waals surface area contributed by atoms with Gasteiger partial charge in [0, 0.05) is 103 Å². The Hall–Kier alpha value is -5.51. The Bertz CT molecular complexity index is 2000. The Balaban J connectivity index is 1.16. The van der Waals surface area contributed by atoms with Crippen LogP contribution in [0.1, 0.15) is 66.7 Å². The topological polar surface area (TPSA) is 162 Å². The zero-order valence-electron chi connectivity index (χ0n) is 36.0. The number of carbonyl (C=O) groups excluding carboxylic acids is 3. The molecule has 60 heavy (non-hydrogen) atoms. The fourth-order valence-electron chi connectivity index (χ4n) is 6.06. The molecule has 0 spiro atoms. The molecule has 0 amide bonds. The molecule has 0 saturated heterocycles. The number of ether oxygens (including phenoxy) is 4. The summed E-state index contributed by atoms with van der Waals surface area (Å²) >= 11 is 0. The molecule has 0 fully saturated rings. The van der Waals surface area contributed by atoms with E-state index in [2.05, 4.69) is 0 Å². The van der Waals surface area contributed by atoms with Gasteiger partial charge < -0.3 is 53.9 Å². The number of rotatable bonds is 23. The largest absolute Gasteiger partial charge is 0.459 e. The maximum Gasteiger partial charge on any atom is 0.339 e. The first-order valence-corrected chi connectivity index (χ1v) is 19.8. The van der Waals surface area contributed by atoms with Crippen molar-refractivity contribution in [2.75, 3.05) is 116 Å². The van der Waals surface area contributed by atoms with Crippen molar-refractivity contribution in [1.29, 1.82) is 0 Å². The van der Waals surface area contributed by atoms with Crippen LogP contribution in [0.2, 0.25) is 0 Å². The number of anilines is 4. The lowest BCUT2D eigenvalue weighted by Gasteiger charge is -2.20. The Labute approximate surface area is 353 Å². The zero-order valence-corrected chi connectivity index (χ0v) is 36.0. The SMILES string of the molecule is CN(C)c1ccc(C(=O)c2ccc(N(C)C)cc2C(=O)OCC(O)COCCCCOCC(O)COC(=O)c2cc(N(C)C)ccc2C(O)c2ccc(N(C)C)cc2)cc1. The molecule has 3 N–H and O–H groups in total. The van der Waals surface area contributed by atoms with Crippen LogP contribution in [0, 0.1) is 0 Å². The van der Waals surface area contributed by atoms with Gasteiger partial charge in [-0.1, -0.05) is 18.2 Å². The normalized spacial score (nSPS) is 12.6. The zero-order chi connectivity index (χ0) is 43.9. The van der Waals surface area contributed by atoms with Crippen LogP contribution < -0.4 is 19.6 Å². The van der Waals surface area contributed by atoms with E-state index in [1.54, 1.807) is 42.5 Å². The molecule has 4 aromatic rings. The van der Waals surface area contributed by atoms with Gasteiger partial charge in [0.15, 0.2) is 5.78 Å². The third-order valence-electron chi connectivity index (χ3n) is 9.68. The third-order valence-corrected chi connectivity index (χ3v) is 9.68. The lowest BCUT2D eigenvalue weighted by Crippen LogP contribution is -2.25. The molecule has 0 aliphatic heterocycles. The average molecular weight is 829 g/mol. The fraction of sp³-hybridized carbons (Fsp3) is 0.413. The average Bonchev–Trinajstić information content (AvgIpc) is 3.24. The van der Waals surface area contributed by atoms with E-state index >= 15 is 0 Å². The standard InChI is InChI=1S/C46H60N4O10/c1-47(2)33-15-11-31(12-16-33)43(53)39-21-19-35(49(5)6)25-41(39)45(55)59-29-37(51)27-57-23-9-10-24-58-28-38(52)30-60-46(56)42-26-36(50(7)8)20-22-40(42)44(54)32-13-17-34(18-14-32)48(3)4/h11-22,25-26,37-38,43,51-53H,9-10,23-24,27-30H2,1-8H3. The highest BCUT2D eigenvalue weighted by Crippen LogP contribution is 2.30. The van der Waals surface area contributed by atoms with Crippen LogP contribution in [0.25, 0.3) is 0 Å². The van der Waals surface area contributed by atoms with Crippen LogP contribution in [0.3, 0.4) is 0 Å². The summed E-state index contributed by atoms with van der Waals surface area (Å²) in [6, 6.07) is 24.6. The summed E-state index contributed by atoms with van der Waals surface area (Å²) in [4.78, 5) is 47.4. The molecule has 0 saturated carbocycles. The van der Waals surface area contributed by atoms with Crippen molar-refractivity contribution in [3.8, 4) is 0 Å². The molecule has 0 heterocycles. The molecule has 0 radical (unpaired) electrons. The number of aliphatic hydroxyl groups is 3. The Morgan fingerprint density at radius 3 is 1.40 bits per heavy atom. The molecular weight excluding hydrogens is 769 g/mol. The first-order chi connectivity index (χ1) is 28.6. The van der Waals surface area contributed by atoms with E-state index in [1.807, 2.05) is 118 Å². The summed E-state index contributed by atoms with van der Waals surface area (Å²) in [5.41, 5.74) is 5.30. The van der Waals surface area contributed by atoms with Crippen molar-refractivity contribution in [2.24, 2.45) is 0 Å². The lowest BCUT2D eigenvalue weighted by molar-refractivity contribution is -0.0183. The number of hydrogen-bond acceptors (Lipinski definition) is 14. The molecule has 0 bridgehead atoms. The molecule has 0 aliphatic carbocycles. The number of aliphatic hydroxyl groups excluding tert-OH is 3. The van der Waals surface area contributed by atoms with Crippen LogP contribution in [-0.4, -0.2) is 141 Å². The highest BCUT2D eigenvalue weighted by Gasteiger charge is 2.24. The smallest absolute Gasteiger partial charge is 0.339 e. The summed E-state index contributed by atoms with van der Waals surface area (Å²) in [6.45, 7) is -0.126. The van der Waals surface area contributed by atoms with Gasteiger partial charge in [0.25, 0.3) is 0 Å². The molecule has 14 nitrogen and oxygen atoms in total. The Kier molecular flexibility index (Phi) is 17.9. The molecule has 324 valence electrons. The molecule has 4 rings (SSSR count). The maximum absolute atomic E-state index is 13.4. The number of benzene rings is 4. The highest BCUT2D eigenvalue weighted by atomic mass is 16.6. The van der Waals surface area contributed by atoms with Crippen molar-refractivity contribution >= 4 is 40.5 Å². The number of carbonyl (C=O) groups is 3. The van der Waals surface area contributed by atoms with Gasteiger partial charge in [-0.15, -0.1) is 0 Å². The predicted molar refractivity (Wildman–Crippen MR) is 234 cm³/mol. The van der Waals surface area contributed by atoms with Crippen LogP contribution in [0.4, 0.5) is 22.7 Å². The number of esters is 2. The van der Waals surface area contributed by atoms with Gasteiger partial charge in [0.1, 0.15) is 31.5 Å². The minimum absolute atomic E-state index is 0.0584. The maximum atomic E-state index is 13.4. The number of unbranched alkanes of at least 4 members (excludes halogenated alkanes) is 1. The molecule has 4 aromatic carbocycles. The molecule has 0 aromatic heterocycles. The monoisotopic (exact) mass is 828 g/mol. The summed E-state index contributed by atoms with van der Waals surface area (Å²) in [5, 5.41) is 32.1. The second-order valence-corrected chi connectivity index (χ2v) is 15.3. The van der Waals surface area contributed by atoms with E-state index in [0.717, 1.165) is 17.1 Å². The quantitative estimate of drug-likeness (QED) is 0.0531. The Morgan fingerprint density at radius 2 is 0.917 bits per heavy atom. The van der Waals surface area contributed by atoms with Gasteiger partial charge in [-0.25, -0.2) is 9.59 Å². The third kappa shape index (κ3) is 13.5. The minimum Gasteiger partial charge on any atom is -0.459 e. The molecule has 0 aliphatic rings. The lowest BCUT2D eigenvalue weighted by atomic mass is 9.96. The van der Waals surface area contributed by atoms with E-state index < -0.39 is 30.3 Å². The molecular formula is C46H60N4O10. The highest BCUT2D eigenvalue weighted by molar-refractivity contribution is 6.15. The van der Waals surface area contributed by atoms with E-state index in [1.165, 1.54) is 0 Å². The molecule has 3 atom stereocenters. The van der Waals surface area contributed by atoms with Gasteiger partial charge in [-0.3, -0.25) is 4.79 Å². The number of nitrogens with zero attached hydrogens (tertiary/aromatic N) is 4. The van der Waals surface area contributed by atoms with Crippen molar-refractivity contribution in [3.63, 3.8) is 0 Å². The fourth-order valence-corrected chi connectivity index (χ4v) is 6.06. The van der Waals surface area contributed by atoms with E-state index in [9.17, 15) is 29.7 Å². The van der Waals surface area contributed by atoms with Crippen LogP contribution in [-0.2, 0) is 18.9 Å². The van der Waals surface area contributed by atoms with Crippen LogP contribution in [0.5, 0.6) is 0 Å². The number of hydrogen-bond donors (Lipinski definition) is 3. The molecule has 14 heteroatoms. The summed E-state index contributed by atoms with van der Waals surface area (Å²) in [6.07, 6.45) is -2.03. The minimum atomic E-state index is -1.09. The van der Waals surface area contributed by atoms with Gasteiger partial charge in [-0.05, 0) is 90.7 Å². The van der Waals surface area contributed by atoms with Crippen molar-refractivity contribution in [3.05, 3.63) is 118 Å². The van der Waals surface area contributed by atoms with Crippen molar-refractivity contribution in [1.82, 2.24) is 0 Å². The van der Waals surface area contributed by atoms with Gasteiger partial charge in [0.2, 0.25) is 0 Å². The molecule has 3 unspecified atom stereocenters. The van der Waals surface area contributed by atoms with Crippen LogP contribution >= 0.6 is 0 Å². The van der Waals surface area contributed by atoms with Crippen molar-refractivity contribution in [2.45, 2.75) is 31.2 Å². The van der Waals surface area contributed by atoms with Gasteiger partial charge >= 0.3 is 11.9 Å². The summed E-state index contributed by atoms with van der Waals surface area (Å²) < 4.78 is 22.0. The second kappa shape index (κ2) is 22.7. The van der Waals surface area contributed by atoms with Gasteiger partial charge in [-0.2, -0.15) is 0 Å². The van der Waals surface area contributed by atoms with Gasteiger partial charge in [0.05, 0.1) is 24.3 Å². The van der Waals surface area contributed by atoms with E-state index in [0.29, 0.717) is 48.4 Å². The summed E-state index contributed by atoms with van der Waals surface area (Å²) in [5.74, 6) is -1.73. The first kappa shape index (κ1) is 47.2. The van der Waals surface area contributed by atoms with Crippen molar-refractivity contribution < 1.29 is 48.7 Å². The Morgan fingerprint density at radius 1 is 0.500 bits per heavy atom.